The fourth-order valence-electron chi connectivity index (χ4n) is 2.80. The molecule has 0 radical (unpaired) electrons. The van der Waals surface area contributed by atoms with Crippen LogP contribution in [0.1, 0.15) is 65.1 Å². The highest BCUT2D eigenvalue weighted by molar-refractivity contribution is 5.50. The molecule has 1 N–H and O–H groups in total. The second-order valence-corrected chi connectivity index (χ2v) is 6.51. The number of anilines is 2. The Hall–Kier alpha value is -1.32. The van der Waals surface area contributed by atoms with Crippen LogP contribution in [0.5, 0.6) is 0 Å². The topological polar surface area (TPSA) is 41.0 Å². The quantitative estimate of drug-likeness (QED) is 0.784. The molecule has 4 heteroatoms. The molecule has 21 heavy (non-hydrogen) atoms. The van der Waals surface area contributed by atoms with Gasteiger partial charge in [-0.2, -0.15) is 0 Å². The van der Waals surface area contributed by atoms with Crippen molar-refractivity contribution in [2.45, 2.75) is 65.3 Å². The van der Waals surface area contributed by atoms with Gasteiger partial charge in [-0.25, -0.2) is 9.97 Å². The van der Waals surface area contributed by atoms with E-state index in [0.717, 1.165) is 36.8 Å². The predicted molar refractivity (Wildman–Crippen MR) is 90.1 cm³/mol. The molecule has 0 saturated heterocycles. The van der Waals surface area contributed by atoms with Gasteiger partial charge in [0.1, 0.15) is 17.5 Å². The molecule has 0 aliphatic heterocycles. The van der Waals surface area contributed by atoms with Crippen molar-refractivity contribution in [3.05, 3.63) is 11.9 Å². The fraction of sp³-hybridized carbons (Fsp3) is 0.765. The van der Waals surface area contributed by atoms with Crippen LogP contribution in [0.3, 0.4) is 0 Å². The number of nitrogens with one attached hydrogen (secondary N) is 1. The summed E-state index contributed by atoms with van der Waals surface area (Å²) in [7, 11) is 1.94. The lowest BCUT2D eigenvalue weighted by Gasteiger charge is -2.33. The monoisotopic (exact) mass is 290 g/mol. The molecule has 0 unspecified atom stereocenters. The molecule has 0 spiro atoms. The summed E-state index contributed by atoms with van der Waals surface area (Å²) in [6, 6.07) is 2.66. The molecule has 0 aromatic carbocycles. The molecule has 2 rings (SSSR count). The molecule has 1 heterocycles. The Balaban J connectivity index is 2.34. The Bertz CT molecular complexity index is 450. The van der Waals surface area contributed by atoms with E-state index in [1.165, 1.54) is 12.8 Å². The maximum Gasteiger partial charge on any atom is 0.136 e. The van der Waals surface area contributed by atoms with Gasteiger partial charge in [-0.15, -0.1) is 0 Å². The predicted octanol–water partition coefficient (Wildman–Crippen LogP) is 4.05. The van der Waals surface area contributed by atoms with Gasteiger partial charge in [-0.1, -0.05) is 27.7 Å². The minimum Gasteiger partial charge on any atom is -0.373 e. The SMILES string of the molecule is CCC(CC)N(CC(C)C)c1cc(NC)nc(C2CC2)n1. The Labute approximate surface area is 129 Å². The Kier molecular flexibility index (Phi) is 5.43. The second kappa shape index (κ2) is 7.10. The summed E-state index contributed by atoms with van der Waals surface area (Å²) >= 11 is 0. The highest BCUT2D eigenvalue weighted by Crippen LogP contribution is 2.39. The first kappa shape index (κ1) is 16.1. The first-order chi connectivity index (χ1) is 10.1. The number of aromatic nitrogens is 2. The van der Waals surface area contributed by atoms with Crippen molar-refractivity contribution in [1.29, 1.82) is 0 Å². The summed E-state index contributed by atoms with van der Waals surface area (Å²) in [5.74, 6) is 4.28. The lowest BCUT2D eigenvalue weighted by molar-refractivity contribution is 0.502. The van der Waals surface area contributed by atoms with Crippen molar-refractivity contribution in [3.8, 4) is 0 Å². The van der Waals surface area contributed by atoms with E-state index >= 15 is 0 Å². The third kappa shape index (κ3) is 4.08. The van der Waals surface area contributed by atoms with Crippen molar-refractivity contribution in [2.24, 2.45) is 5.92 Å². The molecule has 1 saturated carbocycles. The number of hydrogen-bond acceptors (Lipinski definition) is 4. The summed E-state index contributed by atoms with van der Waals surface area (Å²) in [6.45, 7) is 10.1. The van der Waals surface area contributed by atoms with E-state index in [2.05, 4.69) is 49.0 Å². The summed E-state index contributed by atoms with van der Waals surface area (Å²) in [6.07, 6.45) is 4.78. The summed E-state index contributed by atoms with van der Waals surface area (Å²) < 4.78 is 0. The van der Waals surface area contributed by atoms with Crippen LogP contribution in [-0.4, -0.2) is 29.6 Å². The number of rotatable bonds is 8. The van der Waals surface area contributed by atoms with Gasteiger partial charge >= 0.3 is 0 Å². The summed E-state index contributed by atoms with van der Waals surface area (Å²) in [4.78, 5) is 12.0. The maximum atomic E-state index is 4.89. The Morgan fingerprint density at radius 2 is 1.90 bits per heavy atom. The number of nitrogens with zero attached hydrogens (tertiary/aromatic N) is 3. The third-order valence-corrected chi connectivity index (χ3v) is 4.17. The standard InChI is InChI=1S/C17H30N4/c1-6-14(7-2)21(11-12(3)4)16-10-15(18-5)19-17(20-16)13-8-9-13/h10,12-14H,6-9,11H2,1-5H3,(H,18,19,20). The average Bonchev–Trinajstić information content (AvgIpc) is 3.31. The molecule has 1 fully saturated rings. The molecule has 1 aliphatic rings. The van der Waals surface area contributed by atoms with Gasteiger partial charge in [0.25, 0.3) is 0 Å². The van der Waals surface area contributed by atoms with E-state index < -0.39 is 0 Å². The number of hydrogen-bond donors (Lipinski definition) is 1. The molecule has 0 atom stereocenters. The van der Waals surface area contributed by atoms with Crippen LogP contribution in [0, 0.1) is 5.92 Å². The zero-order valence-electron chi connectivity index (χ0n) is 14.2. The molecular weight excluding hydrogens is 260 g/mol. The minimum atomic E-state index is 0.555. The summed E-state index contributed by atoms with van der Waals surface area (Å²) in [5, 5.41) is 3.20. The lowest BCUT2D eigenvalue weighted by atomic mass is 10.1. The zero-order valence-corrected chi connectivity index (χ0v) is 14.2. The van der Waals surface area contributed by atoms with Crippen LogP contribution in [0.15, 0.2) is 6.07 Å². The highest BCUT2D eigenvalue weighted by Gasteiger charge is 2.28. The van der Waals surface area contributed by atoms with Gasteiger partial charge in [0.15, 0.2) is 0 Å². The fourth-order valence-corrected chi connectivity index (χ4v) is 2.80. The van der Waals surface area contributed by atoms with Gasteiger partial charge in [0.05, 0.1) is 0 Å². The summed E-state index contributed by atoms with van der Waals surface area (Å²) in [5.41, 5.74) is 0. The molecule has 118 valence electrons. The van der Waals surface area contributed by atoms with Gasteiger partial charge in [-0.05, 0) is 31.6 Å². The highest BCUT2D eigenvalue weighted by atomic mass is 15.2. The van der Waals surface area contributed by atoms with E-state index in [1.807, 2.05) is 7.05 Å². The molecule has 4 nitrogen and oxygen atoms in total. The smallest absolute Gasteiger partial charge is 0.136 e. The van der Waals surface area contributed by atoms with Crippen molar-refractivity contribution >= 4 is 11.6 Å². The minimum absolute atomic E-state index is 0.555. The van der Waals surface area contributed by atoms with E-state index in [9.17, 15) is 0 Å². The molecule has 1 aliphatic carbocycles. The Morgan fingerprint density at radius 3 is 2.38 bits per heavy atom. The van der Waals surface area contributed by atoms with Crippen molar-refractivity contribution in [3.63, 3.8) is 0 Å². The van der Waals surface area contributed by atoms with E-state index in [-0.39, 0.29) is 0 Å². The van der Waals surface area contributed by atoms with E-state index in [1.54, 1.807) is 0 Å². The first-order valence-corrected chi connectivity index (χ1v) is 8.42. The average molecular weight is 290 g/mol. The molecule has 1 aromatic rings. The zero-order chi connectivity index (χ0) is 15.4. The Morgan fingerprint density at radius 1 is 1.24 bits per heavy atom. The molecular formula is C17H30N4. The molecule has 1 aromatic heterocycles. The lowest BCUT2D eigenvalue weighted by Crippen LogP contribution is -2.38. The largest absolute Gasteiger partial charge is 0.373 e. The van der Waals surface area contributed by atoms with Crippen LogP contribution < -0.4 is 10.2 Å². The van der Waals surface area contributed by atoms with Gasteiger partial charge < -0.3 is 10.2 Å². The first-order valence-electron chi connectivity index (χ1n) is 8.42. The van der Waals surface area contributed by atoms with E-state index in [0.29, 0.717) is 17.9 Å². The van der Waals surface area contributed by atoms with Crippen LogP contribution >= 0.6 is 0 Å². The third-order valence-electron chi connectivity index (χ3n) is 4.17. The van der Waals surface area contributed by atoms with Crippen molar-refractivity contribution < 1.29 is 0 Å². The maximum absolute atomic E-state index is 4.89. The second-order valence-electron chi connectivity index (χ2n) is 6.51. The van der Waals surface area contributed by atoms with Crippen LogP contribution in [0.4, 0.5) is 11.6 Å². The van der Waals surface area contributed by atoms with Gasteiger partial charge in [0, 0.05) is 31.6 Å². The normalized spacial score (nSPS) is 14.8. The van der Waals surface area contributed by atoms with Gasteiger partial charge in [0.2, 0.25) is 0 Å². The van der Waals surface area contributed by atoms with Crippen LogP contribution in [0.2, 0.25) is 0 Å². The van der Waals surface area contributed by atoms with Crippen molar-refractivity contribution in [2.75, 3.05) is 23.8 Å². The van der Waals surface area contributed by atoms with E-state index in [4.69, 9.17) is 4.98 Å². The van der Waals surface area contributed by atoms with Crippen molar-refractivity contribution in [1.82, 2.24) is 9.97 Å². The molecule has 0 bridgehead atoms. The molecule has 0 amide bonds. The van der Waals surface area contributed by atoms with Gasteiger partial charge in [-0.3, -0.25) is 0 Å². The van der Waals surface area contributed by atoms with Crippen LogP contribution in [0.25, 0.3) is 0 Å². The van der Waals surface area contributed by atoms with Crippen LogP contribution in [-0.2, 0) is 0 Å².